The molecule has 0 bridgehead atoms. The van der Waals surface area contributed by atoms with Crippen LogP contribution >= 0.6 is 0 Å². The molecular formula is C34H36Cl2N10Ru. The molecule has 13 heteroatoms. The fourth-order valence-electron chi connectivity index (χ4n) is 3.80. The molecule has 0 fully saturated rings. The fourth-order valence-corrected chi connectivity index (χ4v) is 3.80. The second kappa shape index (κ2) is 19.5. The minimum Gasteiger partial charge on any atom is -1.00 e. The molecule has 0 spiro atoms. The molecule has 0 N–H and O–H groups in total. The van der Waals surface area contributed by atoms with Gasteiger partial charge in [0.1, 0.15) is 0 Å². The molecule has 0 saturated heterocycles. The number of hydrogen-bond acceptors (Lipinski definition) is 4. The van der Waals surface area contributed by atoms with Crippen LogP contribution in [-0.4, -0.2) is 24.9 Å². The van der Waals surface area contributed by atoms with Crippen LogP contribution in [0.3, 0.4) is 0 Å². The van der Waals surface area contributed by atoms with Gasteiger partial charge in [-0.25, -0.2) is 0 Å². The molecule has 0 amide bonds. The molecule has 0 aromatic carbocycles. The van der Waals surface area contributed by atoms with Crippen molar-refractivity contribution in [3.8, 4) is 0 Å². The van der Waals surface area contributed by atoms with Crippen molar-refractivity contribution in [1.29, 1.82) is 0 Å². The van der Waals surface area contributed by atoms with E-state index in [0.717, 1.165) is 34.2 Å². The summed E-state index contributed by atoms with van der Waals surface area (Å²) < 4.78 is 0. The van der Waals surface area contributed by atoms with E-state index in [2.05, 4.69) is 118 Å². The third kappa shape index (κ3) is 12.9. The average molecular weight is 757 g/mol. The van der Waals surface area contributed by atoms with Crippen molar-refractivity contribution in [2.75, 3.05) is 0 Å². The van der Waals surface area contributed by atoms with E-state index in [4.69, 9.17) is 0 Å². The molecule has 0 aromatic heterocycles. The predicted molar refractivity (Wildman–Crippen MR) is 185 cm³/mol. The molecular weight excluding hydrogens is 720 g/mol. The molecule has 0 radical (unpaired) electrons. The molecule has 0 aliphatic carbocycles. The Kier molecular flexibility index (Phi) is 16.9. The van der Waals surface area contributed by atoms with E-state index in [-0.39, 0.29) is 55.1 Å². The molecule has 0 unspecified atom stereocenters. The van der Waals surface area contributed by atoms with Gasteiger partial charge in [-0.3, -0.25) is 20.0 Å². The van der Waals surface area contributed by atoms with Crippen LogP contribution in [-0.2, 0) is 19.5 Å². The Morgan fingerprint density at radius 3 is 0.872 bits per heavy atom. The van der Waals surface area contributed by atoms with Crippen LogP contribution in [0.15, 0.2) is 152 Å². The number of aliphatic imine (C=N–C) groups is 4. The van der Waals surface area contributed by atoms with Crippen molar-refractivity contribution in [2.24, 2.45) is 30.8 Å². The second-order valence-electron chi connectivity index (χ2n) is 11.7. The third-order valence-corrected chi connectivity index (χ3v) is 6.29. The fraction of sp³-hybridized carbons (Fsp3) is 0.235. The molecule has 6 aliphatic heterocycles. The normalized spacial score (nSPS) is 22.7. The molecule has 10 nitrogen and oxygen atoms in total. The summed E-state index contributed by atoms with van der Waals surface area (Å²) in [4.78, 5) is 15.7. The van der Waals surface area contributed by atoms with E-state index in [0.29, 0.717) is 0 Å². The minimum absolute atomic E-state index is 0. The SMILES string of the molecule is C1=C[N-]/C(=C2/C=NC=C[N-]2)C=N1.C1=C[N-]/C(=C2/C=NC=C[N-]2)C=N1.CC(C)(C)C1=C/C(=C2\C=C(C(C)(C)C)C=C[N-]2)[N-]C=C1.[Cl-].[Cl-].[Ru+8]. The monoisotopic (exact) mass is 756 g/mol. The van der Waals surface area contributed by atoms with Crippen molar-refractivity contribution in [3.63, 3.8) is 0 Å². The van der Waals surface area contributed by atoms with Crippen molar-refractivity contribution in [1.82, 2.24) is 0 Å². The number of hydrogen-bond donors (Lipinski definition) is 0. The molecule has 6 rings (SSSR count). The first kappa shape index (κ1) is 40.8. The summed E-state index contributed by atoms with van der Waals surface area (Å²) >= 11 is 0. The Morgan fingerprint density at radius 1 is 0.404 bits per heavy atom. The van der Waals surface area contributed by atoms with E-state index < -0.39 is 0 Å². The number of rotatable bonds is 0. The van der Waals surface area contributed by atoms with Gasteiger partial charge in [0.2, 0.25) is 0 Å². The van der Waals surface area contributed by atoms with Crippen molar-refractivity contribution >= 4 is 24.9 Å². The summed E-state index contributed by atoms with van der Waals surface area (Å²) in [5, 5.41) is 25.3. The van der Waals surface area contributed by atoms with Gasteiger partial charge in [-0.2, -0.15) is 48.6 Å². The first-order chi connectivity index (χ1) is 21.1. The zero-order chi connectivity index (χ0) is 31.4. The van der Waals surface area contributed by atoms with Crippen LogP contribution < -0.4 is 24.8 Å². The number of halogens is 2. The Balaban J connectivity index is 0.000000357. The van der Waals surface area contributed by atoms with Crippen molar-refractivity contribution in [2.45, 2.75) is 41.5 Å². The molecule has 244 valence electrons. The minimum atomic E-state index is 0. The van der Waals surface area contributed by atoms with Gasteiger partial charge < -0.3 is 56.7 Å². The molecule has 47 heavy (non-hydrogen) atoms. The quantitative estimate of drug-likeness (QED) is 0.330. The number of nitrogens with zero attached hydrogens (tertiary/aromatic N) is 10. The summed E-state index contributed by atoms with van der Waals surface area (Å²) in [6, 6.07) is 0. The van der Waals surface area contributed by atoms with E-state index in [9.17, 15) is 0 Å². The van der Waals surface area contributed by atoms with Gasteiger partial charge in [0.25, 0.3) is 0 Å². The first-order valence-corrected chi connectivity index (χ1v) is 14.1. The zero-order valence-electron chi connectivity index (χ0n) is 27.0. The third-order valence-electron chi connectivity index (χ3n) is 6.29. The number of allylic oxidation sites excluding steroid dienone is 10. The van der Waals surface area contributed by atoms with E-state index >= 15 is 0 Å². The molecule has 6 heterocycles. The Morgan fingerprint density at radius 2 is 0.660 bits per heavy atom. The van der Waals surface area contributed by atoms with Gasteiger partial charge in [-0.05, 0) is 22.0 Å². The molecule has 6 aliphatic rings. The maximum atomic E-state index is 4.48. The van der Waals surface area contributed by atoms with Gasteiger partial charge in [0, 0.05) is 49.7 Å². The van der Waals surface area contributed by atoms with Crippen LogP contribution in [0, 0.1) is 10.8 Å². The summed E-state index contributed by atoms with van der Waals surface area (Å²) in [6.07, 6.45) is 31.9. The zero-order valence-corrected chi connectivity index (χ0v) is 30.2. The van der Waals surface area contributed by atoms with Crippen LogP contribution in [0.2, 0.25) is 0 Å². The predicted octanol–water partition coefficient (Wildman–Crippen LogP) is 4.06. The van der Waals surface area contributed by atoms with E-state index in [1.54, 1.807) is 74.5 Å². The molecule has 0 atom stereocenters. The smallest absolute Gasteiger partial charge is 1.00 e. The second-order valence-corrected chi connectivity index (χ2v) is 11.7. The largest absolute Gasteiger partial charge is 8.00 e. The van der Waals surface area contributed by atoms with Crippen LogP contribution in [0.1, 0.15) is 41.5 Å². The Hall–Kier alpha value is -4.18. The average Bonchev–Trinajstić information content (AvgIpc) is 3.06. The van der Waals surface area contributed by atoms with Gasteiger partial charge in [-0.15, -0.1) is 22.8 Å². The van der Waals surface area contributed by atoms with Gasteiger partial charge in [0.15, 0.2) is 0 Å². The maximum Gasteiger partial charge on any atom is 8.00 e. The topological polar surface area (TPSA) is 134 Å². The standard InChI is InChI=1S/C18H24N2.2C8H6N4.2ClH.Ru/c1-17(2,3)13-7-9-19-15(11-13)16-12-14(8-10-20-16)18(4,5)6;2*1-3-11-7(5-9-1)8-6-10-2-4-12-8;;;/h7-12H,1-6H3;2*1-6H;2*1H;/q3*-2;;;+8/p-2/b16-15-;2*8-7-;;;. The first-order valence-electron chi connectivity index (χ1n) is 14.1. The van der Waals surface area contributed by atoms with Gasteiger partial charge in [-0.1, -0.05) is 65.8 Å². The molecule has 0 saturated carbocycles. The summed E-state index contributed by atoms with van der Waals surface area (Å²) in [5.74, 6) is 0. The van der Waals surface area contributed by atoms with E-state index in [1.165, 1.54) is 11.1 Å². The maximum absolute atomic E-state index is 4.48. The molecule has 0 aromatic rings. The van der Waals surface area contributed by atoms with Crippen molar-refractivity contribution < 1.29 is 44.3 Å². The van der Waals surface area contributed by atoms with Crippen molar-refractivity contribution in [3.05, 3.63) is 164 Å². The van der Waals surface area contributed by atoms with E-state index in [1.807, 2.05) is 12.4 Å². The van der Waals surface area contributed by atoms with Gasteiger partial charge in [0.05, 0.1) is 0 Å². The Labute approximate surface area is 303 Å². The van der Waals surface area contributed by atoms with Crippen LogP contribution in [0.4, 0.5) is 0 Å². The summed E-state index contributed by atoms with van der Waals surface area (Å²) in [5.41, 5.74) is 7.67. The van der Waals surface area contributed by atoms with Crippen LogP contribution in [0.25, 0.3) is 31.9 Å². The van der Waals surface area contributed by atoms with Gasteiger partial charge >= 0.3 is 19.5 Å². The summed E-state index contributed by atoms with van der Waals surface area (Å²) in [6.45, 7) is 13.3. The Bertz CT molecular complexity index is 1390. The van der Waals surface area contributed by atoms with Crippen LogP contribution in [0.5, 0.6) is 0 Å². The summed E-state index contributed by atoms with van der Waals surface area (Å²) in [7, 11) is 0.